The molecule has 0 saturated heterocycles. The summed E-state index contributed by atoms with van der Waals surface area (Å²) in [6.45, 7) is 4.63. The highest BCUT2D eigenvalue weighted by atomic mass is 16.5. The van der Waals surface area contributed by atoms with Crippen LogP contribution in [0.5, 0.6) is 5.75 Å². The quantitative estimate of drug-likeness (QED) is 0.479. The highest BCUT2D eigenvalue weighted by Crippen LogP contribution is 2.14. The van der Waals surface area contributed by atoms with E-state index in [1.807, 2.05) is 36.5 Å². The number of guanidine groups is 1. The van der Waals surface area contributed by atoms with Crippen LogP contribution in [0.25, 0.3) is 5.69 Å². The number of ether oxygens (including phenoxy) is 1. The maximum Gasteiger partial charge on any atom is 0.189 e. The standard InChI is InChI=1S/C15H19N5O/c1-3-9-17-15(16)18-11-12-8-10-20(19-12)13-4-6-14(21-2)7-5-13/h3-8,10H,1,9,11H2,2H3,(H3,16,17,18). The lowest BCUT2D eigenvalue weighted by Gasteiger charge is -2.03. The summed E-state index contributed by atoms with van der Waals surface area (Å²) in [4.78, 5) is 4.21. The van der Waals surface area contributed by atoms with E-state index >= 15 is 0 Å². The molecule has 110 valence electrons. The summed E-state index contributed by atoms with van der Waals surface area (Å²) in [5, 5.41) is 7.37. The number of aromatic nitrogens is 2. The normalized spacial score (nSPS) is 11.2. The highest BCUT2D eigenvalue weighted by Gasteiger charge is 2.01. The van der Waals surface area contributed by atoms with Crippen molar-refractivity contribution in [3.63, 3.8) is 0 Å². The maximum absolute atomic E-state index is 5.70. The molecule has 6 nitrogen and oxygen atoms in total. The topological polar surface area (TPSA) is 77.5 Å². The van der Waals surface area contributed by atoms with Gasteiger partial charge in [-0.2, -0.15) is 5.10 Å². The van der Waals surface area contributed by atoms with E-state index in [1.165, 1.54) is 0 Å². The van der Waals surface area contributed by atoms with Crippen LogP contribution in [0.3, 0.4) is 0 Å². The van der Waals surface area contributed by atoms with Crippen LogP contribution >= 0.6 is 0 Å². The van der Waals surface area contributed by atoms with Gasteiger partial charge in [-0.3, -0.25) is 0 Å². The molecule has 3 N–H and O–H groups in total. The minimum absolute atomic E-state index is 0.383. The van der Waals surface area contributed by atoms with E-state index in [2.05, 4.69) is 22.0 Å². The summed E-state index contributed by atoms with van der Waals surface area (Å²) in [7, 11) is 1.64. The Hall–Kier alpha value is -2.76. The Morgan fingerprint density at radius 2 is 2.19 bits per heavy atom. The number of nitrogens with zero attached hydrogens (tertiary/aromatic N) is 3. The van der Waals surface area contributed by atoms with Gasteiger partial charge in [0.1, 0.15) is 5.75 Å². The molecule has 0 unspecified atom stereocenters. The van der Waals surface area contributed by atoms with Crippen LogP contribution in [0.15, 0.2) is 54.2 Å². The second kappa shape index (κ2) is 7.14. The number of methoxy groups -OCH3 is 1. The van der Waals surface area contributed by atoms with E-state index in [9.17, 15) is 0 Å². The molecule has 0 spiro atoms. The SMILES string of the molecule is C=CCNC(N)=NCc1ccn(-c2ccc(OC)cc2)n1. The van der Waals surface area contributed by atoms with Crippen molar-refractivity contribution in [2.45, 2.75) is 6.54 Å². The van der Waals surface area contributed by atoms with Gasteiger partial charge < -0.3 is 15.8 Å². The van der Waals surface area contributed by atoms with Crippen molar-refractivity contribution in [1.82, 2.24) is 15.1 Å². The summed E-state index contributed by atoms with van der Waals surface area (Å²) in [5.74, 6) is 1.20. The molecule has 0 radical (unpaired) electrons. The molecule has 21 heavy (non-hydrogen) atoms. The first kappa shape index (κ1) is 14.6. The molecule has 0 aliphatic carbocycles. The highest BCUT2D eigenvalue weighted by molar-refractivity contribution is 5.77. The van der Waals surface area contributed by atoms with E-state index < -0.39 is 0 Å². The van der Waals surface area contributed by atoms with Crippen molar-refractivity contribution in [3.05, 3.63) is 54.9 Å². The molecule has 0 saturated carbocycles. The van der Waals surface area contributed by atoms with Crippen LogP contribution in [-0.2, 0) is 6.54 Å². The van der Waals surface area contributed by atoms with Gasteiger partial charge in [0.05, 0.1) is 25.0 Å². The smallest absolute Gasteiger partial charge is 0.189 e. The molecular weight excluding hydrogens is 266 g/mol. The van der Waals surface area contributed by atoms with Crippen LogP contribution in [0, 0.1) is 0 Å². The first-order valence-corrected chi connectivity index (χ1v) is 6.56. The molecule has 0 aliphatic rings. The predicted octanol–water partition coefficient (Wildman–Crippen LogP) is 1.47. The zero-order valence-electron chi connectivity index (χ0n) is 12.0. The number of hydrogen-bond donors (Lipinski definition) is 2. The number of hydrogen-bond acceptors (Lipinski definition) is 3. The minimum atomic E-state index is 0.383. The number of benzene rings is 1. The van der Waals surface area contributed by atoms with Crippen LogP contribution in [0.1, 0.15) is 5.69 Å². The van der Waals surface area contributed by atoms with Gasteiger partial charge in [-0.1, -0.05) is 6.08 Å². The van der Waals surface area contributed by atoms with Crippen LogP contribution in [0.4, 0.5) is 0 Å². The number of rotatable bonds is 6. The Morgan fingerprint density at radius 3 is 2.86 bits per heavy atom. The van der Waals surface area contributed by atoms with Crippen molar-refractivity contribution in [2.75, 3.05) is 13.7 Å². The Balaban J connectivity index is 2.02. The minimum Gasteiger partial charge on any atom is -0.497 e. The van der Waals surface area contributed by atoms with Crippen molar-refractivity contribution in [1.29, 1.82) is 0 Å². The molecule has 2 aromatic rings. The molecule has 0 fully saturated rings. The van der Waals surface area contributed by atoms with E-state index in [1.54, 1.807) is 17.9 Å². The Kier molecular flexibility index (Phi) is 4.98. The first-order chi connectivity index (χ1) is 10.2. The third-order valence-electron chi connectivity index (χ3n) is 2.82. The monoisotopic (exact) mass is 285 g/mol. The van der Waals surface area contributed by atoms with Gasteiger partial charge in [0, 0.05) is 12.7 Å². The molecule has 0 aliphatic heterocycles. The lowest BCUT2D eigenvalue weighted by molar-refractivity contribution is 0.414. The maximum atomic E-state index is 5.70. The molecule has 1 aromatic heterocycles. The predicted molar refractivity (Wildman–Crippen MR) is 83.6 cm³/mol. The number of aliphatic imine (C=N–C) groups is 1. The van der Waals surface area contributed by atoms with Crippen molar-refractivity contribution >= 4 is 5.96 Å². The fraction of sp³-hybridized carbons (Fsp3) is 0.200. The van der Waals surface area contributed by atoms with Crippen LogP contribution in [0.2, 0.25) is 0 Å². The van der Waals surface area contributed by atoms with Gasteiger partial charge in [0.2, 0.25) is 0 Å². The summed E-state index contributed by atoms with van der Waals surface area (Å²) >= 11 is 0. The summed E-state index contributed by atoms with van der Waals surface area (Å²) in [6, 6.07) is 9.59. The van der Waals surface area contributed by atoms with Crippen molar-refractivity contribution in [2.24, 2.45) is 10.7 Å². The summed E-state index contributed by atoms with van der Waals surface area (Å²) < 4.78 is 6.92. The average Bonchev–Trinajstić information content (AvgIpc) is 3.00. The van der Waals surface area contributed by atoms with E-state index in [-0.39, 0.29) is 0 Å². The van der Waals surface area contributed by atoms with Gasteiger partial charge in [-0.15, -0.1) is 6.58 Å². The fourth-order valence-corrected chi connectivity index (χ4v) is 1.72. The van der Waals surface area contributed by atoms with E-state index in [0.717, 1.165) is 17.1 Å². The Bertz CT molecular complexity index is 615. The molecule has 1 aromatic carbocycles. The van der Waals surface area contributed by atoms with Gasteiger partial charge >= 0.3 is 0 Å². The van der Waals surface area contributed by atoms with Gasteiger partial charge in [0.15, 0.2) is 5.96 Å². The van der Waals surface area contributed by atoms with E-state index in [4.69, 9.17) is 10.5 Å². The second-order valence-corrected chi connectivity index (χ2v) is 4.32. The zero-order chi connectivity index (χ0) is 15.1. The number of nitrogens with two attached hydrogens (primary N) is 1. The van der Waals surface area contributed by atoms with Gasteiger partial charge in [0.25, 0.3) is 0 Å². The Morgan fingerprint density at radius 1 is 1.43 bits per heavy atom. The molecule has 6 heteroatoms. The molecule has 0 atom stereocenters. The molecule has 2 rings (SSSR count). The van der Waals surface area contributed by atoms with Crippen molar-refractivity contribution in [3.8, 4) is 11.4 Å². The summed E-state index contributed by atoms with van der Waals surface area (Å²) in [6.07, 6.45) is 3.61. The average molecular weight is 285 g/mol. The van der Waals surface area contributed by atoms with Crippen molar-refractivity contribution < 1.29 is 4.74 Å². The molecular formula is C15H19N5O. The first-order valence-electron chi connectivity index (χ1n) is 6.56. The largest absolute Gasteiger partial charge is 0.497 e. The van der Waals surface area contributed by atoms with Gasteiger partial charge in [-0.25, -0.2) is 9.67 Å². The third kappa shape index (κ3) is 4.10. The lowest BCUT2D eigenvalue weighted by Crippen LogP contribution is -2.31. The lowest BCUT2D eigenvalue weighted by atomic mass is 10.3. The molecule has 0 amide bonds. The third-order valence-corrected chi connectivity index (χ3v) is 2.82. The number of nitrogens with one attached hydrogen (secondary N) is 1. The molecule has 0 bridgehead atoms. The van der Waals surface area contributed by atoms with Crippen LogP contribution in [-0.4, -0.2) is 29.4 Å². The van der Waals surface area contributed by atoms with Crippen LogP contribution < -0.4 is 15.8 Å². The van der Waals surface area contributed by atoms with Gasteiger partial charge in [-0.05, 0) is 30.3 Å². The fourth-order valence-electron chi connectivity index (χ4n) is 1.72. The summed E-state index contributed by atoms with van der Waals surface area (Å²) in [5.41, 5.74) is 7.50. The molecule has 1 heterocycles. The Labute approximate surface area is 123 Å². The van der Waals surface area contributed by atoms with E-state index in [0.29, 0.717) is 19.0 Å². The second-order valence-electron chi connectivity index (χ2n) is 4.32. The zero-order valence-corrected chi connectivity index (χ0v) is 12.0.